The van der Waals surface area contributed by atoms with Crippen LogP contribution in [0, 0.1) is 12.8 Å². The van der Waals surface area contributed by atoms with E-state index in [2.05, 4.69) is 15.3 Å². The number of amides is 1. The number of aromatic nitrogens is 4. The van der Waals surface area contributed by atoms with Gasteiger partial charge >= 0.3 is 5.69 Å². The van der Waals surface area contributed by atoms with Crippen LogP contribution in [0.5, 0.6) is 0 Å². The quantitative estimate of drug-likeness (QED) is 0.595. The van der Waals surface area contributed by atoms with Crippen molar-refractivity contribution in [3.05, 3.63) is 26.7 Å². The highest BCUT2D eigenvalue weighted by atomic mass is 32.2. The molecule has 0 unspecified atom stereocenters. The summed E-state index contributed by atoms with van der Waals surface area (Å²) in [6.07, 6.45) is 0. The number of nitrogens with one attached hydrogen (secondary N) is 1. The second-order valence-corrected chi connectivity index (χ2v) is 7.91. The summed E-state index contributed by atoms with van der Waals surface area (Å²) in [5.41, 5.74) is -0.525. The van der Waals surface area contributed by atoms with Gasteiger partial charge in [0.15, 0.2) is 5.65 Å². The van der Waals surface area contributed by atoms with E-state index in [-0.39, 0.29) is 17.2 Å². The topological polar surface area (TPSA) is 98.9 Å². The van der Waals surface area contributed by atoms with Gasteiger partial charge in [-0.15, -0.1) is 0 Å². The molecule has 1 atom stereocenters. The number of hydrogen-bond acceptors (Lipinski definition) is 6. The second-order valence-electron chi connectivity index (χ2n) is 6.58. The van der Waals surface area contributed by atoms with E-state index in [0.717, 1.165) is 4.57 Å². The molecule has 2 aromatic rings. The van der Waals surface area contributed by atoms with Crippen LogP contribution >= 0.6 is 11.8 Å². The van der Waals surface area contributed by atoms with Crippen LogP contribution in [0.15, 0.2) is 14.6 Å². The first kappa shape index (κ1) is 20.2. The molecule has 8 nitrogen and oxygen atoms in total. The van der Waals surface area contributed by atoms with Crippen molar-refractivity contribution in [1.82, 2.24) is 24.4 Å². The van der Waals surface area contributed by atoms with Crippen molar-refractivity contribution in [3.63, 3.8) is 0 Å². The van der Waals surface area contributed by atoms with Crippen LogP contribution in [0.3, 0.4) is 0 Å². The fourth-order valence-corrected chi connectivity index (χ4v) is 3.60. The predicted octanol–water partition coefficient (Wildman–Crippen LogP) is 1.07. The Balaban J connectivity index is 2.73. The summed E-state index contributed by atoms with van der Waals surface area (Å²) >= 11 is 1.20. The monoisotopic (exact) mass is 379 g/mol. The molecule has 0 saturated heterocycles. The summed E-state index contributed by atoms with van der Waals surface area (Å²) in [6.45, 7) is 10.3. The first-order valence-corrected chi connectivity index (χ1v) is 9.47. The summed E-state index contributed by atoms with van der Waals surface area (Å²) in [4.78, 5) is 46.1. The molecule has 0 fully saturated rings. The van der Waals surface area contributed by atoms with Gasteiger partial charge in [-0.1, -0.05) is 25.6 Å². The summed E-state index contributed by atoms with van der Waals surface area (Å²) in [5, 5.41) is 3.03. The molecule has 0 aliphatic heterocycles. The Labute approximate surface area is 156 Å². The van der Waals surface area contributed by atoms with E-state index in [0.29, 0.717) is 29.6 Å². The molecule has 0 aliphatic carbocycles. The molecule has 2 heterocycles. The summed E-state index contributed by atoms with van der Waals surface area (Å²) in [7, 11) is 1.45. The van der Waals surface area contributed by atoms with Gasteiger partial charge in [0.1, 0.15) is 16.2 Å². The van der Waals surface area contributed by atoms with Crippen LogP contribution in [-0.4, -0.2) is 36.8 Å². The van der Waals surface area contributed by atoms with Gasteiger partial charge in [-0.3, -0.25) is 18.7 Å². The number of rotatable bonds is 6. The Morgan fingerprint density at radius 2 is 1.88 bits per heavy atom. The van der Waals surface area contributed by atoms with Crippen LogP contribution in [0.25, 0.3) is 11.0 Å². The molecule has 1 N–H and O–H groups in total. The van der Waals surface area contributed by atoms with E-state index in [4.69, 9.17) is 0 Å². The van der Waals surface area contributed by atoms with Crippen LogP contribution in [0.2, 0.25) is 0 Å². The van der Waals surface area contributed by atoms with Gasteiger partial charge in [-0.25, -0.2) is 14.8 Å². The minimum absolute atomic E-state index is 0.130. The van der Waals surface area contributed by atoms with E-state index >= 15 is 0 Å². The third kappa shape index (κ3) is 3.98. The van der Waals surface area contributed by atoms with Crippen LogP contribution in [-0.2, 0) is 18.4 Å². The number of carbonyl (C=O) groups excluding carboxylic acids is 1. The summed E-state index contributed by atoms with van der Waals surface area (Å²) < 4.78 is 2.58. The van der Waals surface area contributed by atoms with E-state index in [1.807, 2.05) is 20.8 Å². The van der Waals surface area contributed by atoms with Crippen molar-refractivity contribution in [2.24, 2.45) is 13.0 Å². The van der Waals surface area contributed by atoms with Gasteiger partial charge in [0.25, 0.3) is 5.56 Å². The van der Waals surface area contributed by atoms with Gasteiger partial charge < -0.3 is 5.32 Å². The SMILES string of the molecule is CCNC(=O)[C@@H](C)Sc1nc(C)nc2c1c(=O)n(C)c(=O)n2CC(C)C. The largest absolute Gasteiger partial charge is 0.355 e. The summed E-state index contributed by atoms with van der Waals surface area (Å²) in [5.74, 6) is 0.525. The number of hydrogen-bond donors (Lipinski definition) is 1. The standard InChI is InChI=1S/C17H25N5O3S/c1-7-18-14(23)10(4)26-15-12-13(19-11(5)20-15)22(8-9(2)3)17(25)21(6)16(12)24/h9-10H,7-8H2,1-6H3,(H,18,23)/t10-/m1/s1. The fraction of sp³-hybridized carbons (Fsp3) is 0.588. The molecule has 142 valence electrons. The average molecular weight is 379 g/mol. The zero-order chi connectivity index (χ0) is 19.6. The van der Waals surface area contributed by atoms with E-state index in [1.165, 1.54) is 23.4 Å². The molecular formula is C17H25N5O3S. The lowest BCUT2D eigenvalue weighted by molar-refractivity contribution is -0.120. The molecule has 0 aromatic carbocycles. The second kappa shape index (κ2) is 8.03. The van der Waals surface area contributed by atoms with E-state index in [9.17, 15) is 14.4 Å². The minimum Gasteiger partial charge on any atom is -0.355 e. The van der Waals surface area contributed by atoms with Gasteiger partial charge in [0.05, 0.1) is 5.25 Å². The van der Waals surface area contributed by atoms with Crippen LogP contribution in [0.1, 0.15) is 33.5 Å². The first-order chi connectivity index (χ1) is 12.2. The van der Waals surface area contributed by atoms with E-state index < -0.39 is 16.5 Å². The van der Waals surface area contributed by atoms with Crippen molar-refractivity contribution < 1.29 is 4.79 Å². The number of aryl methyl sites for hydroxylation is 1. The van der Waals surface area contributed by atoms with Crippen LogP contribution in [0.4, 0.5) is 0 Å². The molecule has 0 saturated carbocycles. The highest BCUT2D eigenvalue weighted by Gasteiger charge is 2.22. The Bertz CT molecular complexity index is 948. The zero-order valence-corrected chi connectivity index (χ0v) is 16.8. The third-order valence-electron chi connectivity index (χ3n) is 3.82. The Hall–Kier alpha value is -2.16. The smallest absolute Gasteiger partial charge is 0.332 e. The molecule has 2 aromatic heterocycles. The van der Waals surface area contributed by atoms with Crippen LogP contribution < -0.4 is 16.6 Å². The van der Waals surface area contributed by atoms with Gasteiger partial charge in [0.2, 0.25) is 5.91 Å². The normalized spacial score (nSPS) is 12.6. The lowest BCUT2D eigenvalue weighted by Gasteiger charge is -2.16. The molecule has 9 heteroatoms. The molecule has 0 radical (unpaired) electrons. The predicted molar refractivity (Wildman–Crippen MR) is 103 cm³/mol. The lowest BCUT2D eigenvalue weighted by atomic mass is 10.2. The molecule has 0 spiro atoms. The molecule has 0 bridgehead atoms. The lowest BCUT2D eigenvalue weighted by Crippen LogP contribution is -2.40. The fourth-order valence-electron chi connectivity index (χ4n) is 2.60. The number of fused-ring (bicyclic) bond motifs is 1. The van der Waals surface area contributed by atoms with Gasteiger partial charge in [-0.2, -0.15) is 0 Å². The van der Waals surface area contributed by atoms with E-state index in [1.54, 1.807) is 13.8 Å². The van der Waals surface area contributed by atoms with Crippen molar-refractivity contribution in [3.8, 4) is 0 Å². The van der Waals surface area contributed by atoms with Crippen molar-refractivity contribution in [2.45, 2.75) is 51.4 Å². The maximum Gasteiger partial charge on any atom is 0.332 e. The minimum atomic E-state index is -0.449. The van der Waals surface area contributed by atoms with Gasteiger partial charge in [0, 0.05) is 20.1 Å². The first-order valence-electron chi connectivity index (χ1n) is 8.59. The molecule has 1 amide bonds. The molecule has 26 heavy (non-hydrogen) atoms. The molecule has 0 aliphatic rings. The maximum absolute atomic E-state index is 12.8. The highest BCUT2D eigenvalue weighted by molar-refractivity contribution is 8.00. The van der Waals surface area contributed by atoms with Crippen molar-refractivity contribution in [2.75, 3.05) is 6.54 Å². The summed E-state index contributed by atoms with van der Waals surface area (Å²) in [6, 6.07) is 0. The van der Waals surface area contributed by atoms with Crippen molar-refractivity contribution >= 4 is 28.7 Å². The maximum atomic E-state index is 12.8. The van der Waals surface area contributed by atoms with Crippen molar-refractivity contribution in [1.29, 1.82) is 0 Å². The molecular weight excluding hydrogens is 354 g/mol. The Kier molecular flexibility index (Phi) is 6.22. The average Bonchev–Trinajstić information content (AvgIpc) is 2.56. The Morgan fingerprint density at radius 1 is 1.23 bits per heavy atom. The van der Waals surface area contributed by atoms with Gasteiger partial charge in [-0.05, 0) is 26.7 Å². The Morgan fingerprint density at radius 3 is 2.46 bits per heavy atom. The number of nitrogens with zero attached hydrogens (tertiary/aromatic N) is 4. The number of thioether (sulfide) groups is 1. The zero-order valence-electron chi connectivity index (χ0n) is 16.0. The number of carbonyl (C=O) groups is 1. The molecule has 2 rings (SSSR count). The highest BCUT2D eigenvalue weighted by Crippen LogP contribution is 2.26. The third-order valence-corrected chi connectivity index (χ3v) is 4.90.